The molecule has 1 fully saturated rings. The molecule has 1 heterocycles. The van der Waals surface area contributed by atoms with Crippen LogP contribution in [0.25, 0.3) is 0 Å². The largest absolute Gasteiger partial charge is 0.317 e. The van der Waals surface area contributed by atoms with E-state index >= 15 is 0 Å². The minimum Gasteiger partial charge on any atom is -0.317 e. The molecule has 0 bridgehead atoms. The molecule has 2 heteroatoms. The zero-order valence-corrected chi connectivity index (χ0v) is 11.7. The van der Waals surface area contributed by atoms with Gasteiger partial charge in [0.25, 0.3) is 0 Å². The highest BCUT2D eigenvalue weighted by atomic mass is 16.1. The topological polar surface area (TPSA) is 29.1 Å². The number of hydrogen-bond donors (Lipinski definition) is 1. The first-order chi connectivity index (χ1) is 8.59. The van der Waals surface area contributed by atoms with Gasteiger partial charge in [0.1, 0.15) is 0 Å². The van der Waals surface area contributed by atoms with E-state index in [9.17, 15) is 4.79 Å². The van der Waals surface area contributed by atoms with Crippen molar-refractivity contribution in [3.63, 3.8) is 0 Å². The molecule has 2 nitrogen and oxygen atoms in total. The van der Waals surface area contributed by atoms with Crippen LogP contribution in [0.2, 0.25) is 0 Å². The van der Waals surface area contributed by atoms with Crippen LogP contribution in [0.3, 0.4) is 0 Å². The highest BCUT2D eigenvalue weighted by Crippen LogP contribution is 2.36. The number of hydrogen-bond acceptors (Lipinski definition) is 2. The molecule has 0 aliphatic carbocycles. The Morgan fingerprint density at radius 3 is 2.50 bits per heavy atom. The third-order valence-electron chi connectivity index (χ3n) is 4.35. The lowest BCUT2D eigenvalue weighted by Gasteiger charge is -2.35. The smallest absolute Gasteiger partial charge is 0.169 e. The Hall–Kier alpha value is -1.15. The van der Waals surface area contributed by atoms with E-state index in [4.69, 9.17) is 0 Å². The van der Waals surface area contributed by atoms with Gasteiger partial charge in [-0.05, 0) is 51.8 Å². The molecule has 0 amide bonds. The van der Waals surface area contributed by atoms with E-state index in [2.05, 4.69) is 25.2 Å². The zero-order valence-electron chi connectivity index (χ0n) is 11.7. The molecule has 1 aromatic rings. The number of ketones is 1. The standard InChI is InChI=1S/C16H23NO/c1-4-16(7-9-17-10-8-16)15(18)14-6-5-12(2)11-13(14)3/h5-6,11,17H,4,7-10H2,1-3H3. The lowest BCUT2D eigenvalue weighted by molar-refractivity contribution is 0.0717. The average Bonchev–Trinajstić information content (AvgIpc) is 2.39. The van der Waals surface area contributed by atoms with Crippen LogP contribution < -0.4 is 5.32 Å². The van der Waals surface area contributed by atoms with E-state index in [1.165, 1.54) is 5.56 Å². The third-order valence-corrected chi connectivity index (χ3v) is 4.35. The SMILES string of the molecule is CCC1(C(=O)c2ccc(C)cc2C)CCNCC1. The molecule has 0 atom stereocenters. The van der Waals surface area contributed by atoms with E-state index in [1.54, 1.807) is 0 Å². The molecule has 1 N–H and O–H groups in total. The number of piperidine rings is 1. The van der Waals surface area contributed by atoms with Gasteiger partial charge in [-0.1, -0.05) is 30.7 Å². The first kappa shape index (κ1) is 13.3. The molecule has 18 heavy (non-hydrogen) atoms. The molecule has 0 spiro atoms. The summed E-state index contributed by atoms with van der Waals surface area (Å²) in [5.41, 5.74) is 3.13. The highest BCUT2D eigenvalue weighted by Gasteiger charge is 2.38. The van der Waals surface area contributed by atoms with Gasteiger partial charge in [-0.25, -0.2) is 0 Å². The minimum absolute atomic E-state index is 0.134. The second-order valence-corrected chi connectivity index (χ2v) is 5.53. The fraction of sp³-hybridized carbons (Fsp3) is 0.562. The number of carbonyl (C=O) groups excluding carboxylic acids is 1. The molecule has 0 radical (unpaired) electrons. The van der Waals surface area contributed by atoms with Gasteiger partial charge in [-0.15, -0.1) is 0 Å². The quantitative estimate of drug-likeness (QED) is 0.828. The number of carbonyl (C=O) groups is 1. The van der Waals surface area contributed by atoms with Crippen molar-refractivity contribution in [1.82, 2.24) is 5.32 Å². The molecule has 1 saturated heterocycles. The Kier molecular flexibility index (Phi) is 3.86. The van der Waals surface area contributed by atoms with Crippen LogP contribution in [0.15, 0.2) is 18.2 Å². The van der Waals surface area contributed by atoms with Crippen molar-refractivity contribution in [2.75, 3.05) is 13.1 Å². The Morgan fingerprint density at radius 2 is 1.94 bits per heavy atom. The number of benzene rings is 1. The fourth-order valence-electron chi connectivity index (χ4n) is 3.00. The first-order valence-corrected chi connectivity index (χ1v) is 6.92. The Morgan fingerprint density at radius 1 is 1.28 bits per heavy atom. The van der Waals surface area contributed by atoms with Gasteiger partial charge < -0.3 is 5.32 Å². The van der Waals surface area contributed by atoms with E-state index in [0.29, 0.717) is 5.78 Å². The second-order valence-electron chi connectivity index (χ2n) is 5.53. The summed E-state index contributed by atoms with van der Waals surface area (Å²) >= 11 is 0. The fourth-order valence-corrected chi connectivity index (χ4v) is 3.00. The summed E-state index contributed by atoms with van der Waals surface area (Å²) in [7, 11) is 0. The normalized spacial score (nSPS) is 18.6. The molecule has 1 aliphatic heterocycles. The lowest BCUT2D eigenvalue weighted by atomic mass is 9.70. The number of rotatable bonds is 3. The average molecular weight is 245 g/mol. The van der Waals surface area contributed by atoms with Gasteiger partial charge in [0, 0.05) is 11.0 Å². The van der Waals surface area contributed by atoms with Crippen molar-refractivity contribution >= 4 is 5.78 Å². The van der Waals surface area contributed by atoms with Gasteiger partial charge in [0.15, 0.2) is 5.78 Å². The summed E-state index contributed by atoms with van der Waals surface area (Å²) in [6.07, 6.45) is 2.88. The van der Waals surface area contributed by atoms with Crippen molar-refractivity contribution in [2.24, 2.45) is 5.41 Å². The maximum Gasteiger partial charge on any atom is 0.169 e. The molecular weight excluding hydrogens is 222 g/mol. The third kappa shape index (κ3) is 2.35. The summed E-state index contributed by atoms with van der Waals surface area (Å²) in [6.45, 7) is 8.19. The van der Waals surface area contributed by atoms with Gasteiger partial charge in [0.05, 0.1) is 0 Å². The van der Waals surface area contributed by atoms with Crippen molar-refractivity contribution in [3.8, 4) is 0 Å². The molecule has 2 rings (SSSR count). The van der Waals surface area contributed by atoms with Crippen LogP contribution in [0, 0.1) is 19.3 Å². The Balaban J connectivity index is 2.33. The Bertz CT molecular complexity index is 444. The van der Waals surface area contributed by atoms with Gasteiger partial charge >= 0.3 is 0 Å². The predicted octanol–water partition coefficient (Wildman–Crippen LogP) is 3.27. The minimum atomic E-state index is -0.134. The maximum atomic E-state index is 12.9. The molecule has 0 unspecified atom stereocenters. The van der Waals surface area contributed by atoms with Crippen LogP contribution in [0.4, 0.5) is 0 Å². The van der Waals surface area contributed by atoms with Crippen molar-refractivity contribution < 1.29 is 4.79 Å². The highest BCUT2D eigenvalue weighted by molar-refractivity contribution is 6.01. The molecule has 1 aromatic carbocycles. The number of aryl methyl sites for hydroxylation is 2. The molecule has 1 aliphatic rings. The van der Waals surface area contributed by atoms with Crippen molar-refractivity contribution in [1.29, 1.82) is 0 Å². The summed E-state index contributed by atoms with van der Waals surface area (Å²) < 4.78 is 0. The van der Waals surface area contributed by atoms with E-state index in [0.717, 1.165) is 43.5 Å². The van der Waals surface area contributed by atoms with Crippen LogP contribution >= 0.6 is 0 Å². The molecule has 0 saturated carbocycles. The predicted molar refractivity (Wildman–Crippen MR) is 75.1 cm³/mol. The summed E-state index contributed by atoms with van der Waals surface area (Å²) in [6, 6.07) is 6.16. The lowest BCUT2D eigenvalue weighted by Crippen LogP contribution is -2.42. The molecule has 98 valence electrons. The van der Waals surface area contributed by atoms with Gasteiger partial charge in [0.2, 0.25) is 0 Å². The van der Waals surface area contributed by atoms with Crippen LogP contribution in [0.1, 0.15) is 47.7 Å². The first-order valence-electron chi connectivity index (χ1n) is 6.92. The maximum absolute atomic E-state index is 12.9. The number of nitrogens with one attached hydrogen (secondary N) is 1. The Labute approximate surface area is 110 Å². The van der Waals surface area contributed by atoms with Crippen molar-refractivity contribution in [2.45, 2.75) is 40.0 Å². The van der Waals surface area contributed by atoms with Crippen LogP contribution in [-0.4, -0.2) is 18.9 Å². The van der Waals surface area contributed by atoms with E-state index in [-0.39, 0.29) is 5.41 Å². The van der Waals surface area contributed by atoms with E-state index < -0.39 is 0 Å². The van der Waals surface area contributed by atoms with Gasteiger partial charge in [-0.2, -0.15) is 0 Å². The monoisotopic (exact) mass is 245 g/mol. The van der Waals surface area contributed by atoms with Gasteiger partial charge in [-0.3, -0.25) is 4.79 Å². The molecule has 0 aromatic heterocycles. The van der Waals surface area contributed by atoms with E-state index in [1.807, 2.05) is 19.1 Å². The van der Waals surface area contributed by atoms with Crippen LogP contribution in [-0.2, 0) is 0 Å². The second kappa shape index (κ2) is 5.23. The molecular formula is C16H23NO. The summed E-state index contributed by atoms with van der Waals surface area (Å²) in [5, 5.41) is 3.35. The summed E-state index contributed by atoms with van der Waals surface area (Å²) in [5.74, 6) is 0.351. The van der Waals surface area contributed by atoms with Crippen molar-refractivity contribution in [3.05, 3.63) is 34.9 Å². The van der Waals surface area contributed by atoms with Crippen LogP contribution in [0.5, 0.6) is 0 Å². The summed E-state index contributed by atoms with van der Waals surface area (Å²) in [4.78, 5) is 12.9. The number of Topliss-reactive ketones (excluding diaryl/α,β-unsaturated/α-hetero) is 1. The zero-order chi connectivity index (χ0) is 13.2.